The van der Waals surface area contributed by atoms with Crippen LogP contribution in [-0.4, -0.2) is 42.8 Å². The molecule has 0 aromatic rings. The number of carbonyl (C=O) groups excluding carboxylic acids is 1. The first-order chi connectivity index (χ1) is 7.06. The zero-order chi connectivity index (χ0) is 11.7. The average molecular weight is 218 g/mol. The lowest BCUT2D eigenvalue weighted by Crippen LogP contribution is -2.36. The summed E-state index contributed by atoms with van der Waals surface area (Å²) in [4.78, 5) is 21.4. The average Bonchev–Trinajstić information content (AvgIpc) is 2.15. The highest BCUT2D eigenvalue weighted by atomic mass is 16.5. The van der Waals surface area contributed by atoms with Gasteiger partial charge in [-0.05, 0) is 13.3 Å². The van der Waals surface area contributed by atoms with Gasteiger partial charge in [0, 0.05) is 19.0 Å². The molecule has 0 radical (unpaired) electrons. The molecule has 0 saturated heterocycles. The number of carboxylic acid groups (broad SMARTS) is 1. The Balaban J connectivity index is 3.53. The van der Waals surface area contributed by atoms with Crippen LogP contribution in [0.4, 0.5) is 0 Å². The van der Waals surface area contributed by atoms with Crippen molar-refractivity contribution in [2.75, 3.05) is 19.8 Å². The summed E-state index contributed by atoms with van der Waals surface area (Å²) in [6.45, 7) is 2.44. The van der Waals surface area contributed by atoms with Crippen molar-refractivity contribution in [3.63, 3.8) is 0 Å². The van der Waals surface area contributed by atoms with Crippen molar-refractivity contribution in [1.82, 2.24) is 5.32 Å². The maximum Gasteiger partial charge on any atom is 0.303 e. The quantitative estimate of drug-likeness (QED) is 0.469. The molecule has 1 atom stereocenters. The topological polar surface area (TPSA) is 102 Å². The van der Waals surface area contributed by atoms with Gasteiger partial charge in [-0.2, -0.15) is 0 Å². The van der Waals surface area contributed by atoms with Crippen molar-refractivity contribution in [2.24, 2.45) is 5.73 Å². The van der Waals surface area contributed by atoms with Gasteiger partial charge in [-0.3, -0.25) is 9.59 Å². The van der Waals surface area contributed by atoms with E-state index in [9.17, 15) is 9.59 Å². The van der Waals surface area contributed by atoms with Gasteiger partial charge in [0.15, 0.2) is 0 Å². The number of hydrogen-bond acceptors (Lipinski definition) is 4. The first kappa shape index (κ1) is 13.9. The van der Waals surface area contributed by atoms with Gasteiger partial charge < -0.3 is 20.9 Å². The summed E-state index contributed by atoms with van der Waals surface area (Å²) in [6, 6.07) is -0.157. The Labute approximate surface area is 88.8 Å². The standard InChI is InChI=1S/C9H18N2O4/c1-7(2-3-9(13)14)11-8(12)6-15-5-4-10/h7H,2-6,10H2,1H3,(H,11,12)(H,13,14). The molecule has 0 heterocycles. The summed E-state index contributed by atoms with van der Waals surface area (Å²) in [7, 11) is 0. The number of rotatable bonds is 8. The number of nitrogens with one attached hydrogen (secondary N) is 1. The van der Waals surface area contributed by atoms with Crippen LogP contribution in [-0.2, 0) is 14.3 Å². The van der Waals surface area contributed by atoms with Gasteiger partial charge in [0.05, 0.1) is 6.61 Å². The molecule has 0 rings (SSSR count). The molecular formula is C9H18N2O4. The van der Waals surface area contributed by atoms with E-state index in [1.54, 1.807) is 6.92 Å². The molecule has 0 aliphatic heterocycles. The van der Waals surface area contributed by atoms with E-state index in [0.29, 0.717) is 19.6 Å². The predicted molar refractivity (Wildman–Crippen MR) is 54.3 cm³/mol. The highest BCUT2D eigenvalue weighted by Crippen LogP contribution is 1.95. The van der Waals surface area contributed by atoms with E-state index in [4.69, 9.17) is 15.6 Å². The van der Waals surface area contributed by atoms with Gasteiger partial charge in [-0.25, -0.2) is 0 Å². The fourth-order valence-corrected chi connectivity index (χ4v) is 0.977. The summed E-state index contributed by atoms with van der Waals surface area (Å²) in [5.74, 6) is -1.11. The number of hydrogen-bond donors (Lipinski definition) is 3. The van der Waals surface area contributed by atoms with Crippen molar-refractivity contribution < 1.29 is 19.4 Å². The Hall–Kier alpha value is -1.14. The van der Waals surface area contributed by atoms with Crippen LogP contribution in [0.15, 0.2) is 0 Å². The normalized spacial score (nSPS) is 12.1. The molecule has 0 bridgehead atoms. The predicted octanol–water partition coefficient (Wildman–Crippen LogP) is -0.669. The van der Waals surface area contributed by atoms with Crippen LogP contribution in [0.3, 0.4) is 0 Å². The Morgan fingerprint density at radius 2 is 2.20 bits per heavy atom. The second-order valence-electron chi connectivity index (χ2n) is 3.24. The van der Waals surface area contributed by atoms with E-state index in [1.807, 2.05) is 0 Å². The highest BCUT2D eigenvalue weighted by Gasteiger charge is 2.08. The Morgan fingerprint density at radius 3 is 2.73 bits per heavy atom. The summed E-state index contributed by atoms with van der Waals surface area (Å²) in [5, 5.41) is 11.0. The largest absolute Gasteiger partial charge is 0.481 e. The molecule has 0 aromatic carbocycles. The highest BCUT2D eigenvalue weighted by molar-refractivity contribution is 5.77. The minimum absolute atomic E-state index is 0.0331. The Kier molecular flexibility index (Phi) is 7.57. The molecular weight excluding hydrogens is 200 g/mol. The van der Waals surface area contributed by atoms with E-state index < -0.39 is 5.97 Å². The van der Waals surface area contributed by atoms with Crippen molar-refractivity contribution in [2.45, 2.75) is 25.8 Å². The number of carboxylic acids is 1. The van der Waals surface area contributed by atoms with Gasteiger partial charge in [0.25, 0.3) is 0 Å². The fourth-order valence-electron chi connectivity index (χ4n) is 0.977. The van der Waals surface area contributed by atoms with E-state index in [2.05, 4.69) is 5.32 Å². The van der Waals surface area contributed by atoms with Crippen LogP contribution in [0.5, 0.6) is 0 Å². The third-order valence-electron chi connectivity index (χ3n) is 1.69. The van der Waals surface area contributed by atoms with E-state index >= 15 is 0 Å². The van der Waals surface area contributed by atoms with Gasteiger partial charge in [-0.1, -0.05) is 0 Å². The Bertz CT molecular complexity index is 208. The van der Waals surface area contributed by atoms with E-state index in [0.717, 1.165) is 0 Å². The molecule has 1 amide bonds. The molecule has 0 aliphatic rings. The molecule has 0 aromatic heterocycles. The second kappa shape index (κ2) is 8.19. The molecule has 0 aliphatic carbocycles. The fraction of sp³-hybridized carbons (Fsp3) is 0.778. The molecule has 0 saturated carbocycles. The van der Waals surface area contributed by atoms with Crippen LogP contribution in [0.25, 0.3) is 0 Å². The molecule has 1 unspecified atom stereocenters. The van der Waals surface area contributed by atoms with Crippen LogP contribution in [0.2, 0.25) is 0 Å². The molecule has 0 spiro atoms. The van der Waals surface area contributed by atoms with Crippen molar-refractivity contribution in [3.8, 4) is 0 Å². The lowest BCUT2D eigenvalue weighted by Gasteiger charge is -2.12. The Morgan fingerprint density at radius 1 is 1.53 bits per heavy atom. The maximum atomic E-state index is 11.1. The molecule has 0 fully saturated rings. The van der Waals surface area contributed by atoms with E-state index in [-0.39, 0.29) is 25.0 Å². The van der Waals surface area contributed by atoms with Crippen molar-refractivity contribution in [3.05, 3.63) is 0 Å². The van der Waals surface area contributed by atoms with Crippen LogP contribution in [0, 0.1) is 0 Å². The van der Waals surface area contributed by atoms with Crippen LogP contribution >= 0.6 is 0 Å². The summed E-state index contributed by atoms with van der Waals surface area (Å²) in [6.07, 6.45) is 0.461. The van der Waals surface area contributed by atoms with Gasteiger partial charge in [-0.15, -0.1) is 0 Å². The summed E-state index contributed by atoms with van der Waals surface area (Å²) < 4.78 is 4.92. The molecule has 6 heteroatoms. The zero-order valence-electron chi connectivity index (χ0n) is 8.86. The third kappa shape index (κ3) is 9.17. The number of amides is 1. The monoisotopic (exact) mass is 218 g/mol. The first-order valence-electron chi connectivity index (χ1n) is 4.85. The van der Waals surface area contributed by atoms with Crippen LogP contribution in [0.1, 0.15) is 19.8 Å². The third-order valence-corrected chi connectivity index (χ3v) is 1.69. The second-order valence-corrected chi connectivity index (χ2v) is 3.24. The lowest BCUT2D eigenvalue weighted by molar-refractivity contribution is -0.137. The lowest BCUT2D eigenvalue weighted by atomic mass is 10.2. The number of carbonyl (C=O) groups is 2. The van der Waals surface area contributed by atoms with E-state index in [1.165, 1.54) is 0 Å². The summed E-state index contributed by atoms with van der Waals surface area (Å²) in [5.41, 5.74) is 5.18. The van der Waals surface area contributed by atoms with Gasteiger partial charge in [0.2, 0.25) is 5.91 Å². The minimum atomic E-state index is -0.865. The van der Waals surface area contributed by atoms with Crippen molar-refractivity contribution >= 4 is 11.9 Å². The smallest absolute Gasteiger partial charge is 0.303 e. The molecule has 88 valence electrons. The molecule has 15 heavy (non-hydrogen) atoms. The molecule has 4 N–H and O–H groups in total. The summed E-state index contributed by atoms with van der Waals surface area (Å²) >= 11 is 0. The van der Waals surface area contributed by atoms with Crippen molar-refractivity contribution in [1.29, 1.82) is 0 Å². The maximum absolute atomic E-state index is 11.1. The first-order valence-corrected chi connectivity index (χ1v) is 4.85. The number of nitrogens with two attached hydrogens (primary N) is 1. The van der Waals surface area contributed by atoms with Crippen LogP contribution < -0.4 is 11.1 Å². The van der Waals surface area contributed by atoms with Gasteiger partial charge in [0.1, 0.15) is 6.61 Å². The zero-order valence-corrected chi connectivity index (χ0v) is 8.86. The minimum Gasteiger partial charge on any atom is -0.481 e. The SMILES string of the molecule is CC(CCC(=O)O)NC(=O)COCCN. The molecule has 6 nitrogen and oxygen atoms in total. The number of aliphatic carboxylic acids is 1. The number of ether oxygens (including phenoxy) is 1. The van der Waals surface area contributed by atoms with Gasteiger partial charge >= 0.3 is 5.97 Å².